The summed E-state index contributed by atoms with van der Waals surface area (Å²) >= 11 is 0. The van der Waals surface area contributed by atoms with Crippen LogP contribution in [0.2, 0.25) is 0 Å². The lowest BCUT2D eigenvalue weighted by Crippen LogP contribution is -2.26. The lowest BCUT2D eigenvalue weighted by Gasteiger charge is -2.23. The maximum atomic E-state index is 13.5. The number of ether oxygens (including phenoxy) is 1. The number of methoxy groups -OCH3 is 1. The molecule has 0 saturated carbocycles. The molecular weight excluding hydrogens is 243 g/mol. The number of nitrogens with zero attached hydrogens (tertiary/aromatic N) is 1. The van der Waals surface area contributed by atoms with Gasteiger partial charge < -0.3 is 15.0 Å². The smallest absolute Gasteiger partial charge is 0.123 e. The Balaban J connectivity index is 2.90. The second kappa shape index (κ2) is 8.12. The van der Waals surface area contributed by atoms with Gasteiger partial charge in [-0.1, -0.05) is 6.92 Å². The summed E-state index contributed by atoms with van der Waals surface area (Å²) in [4.78, 5) is 2.13. The zero-order valence-corrected chi connectivity index (χ0v) is 12.4. The molecule has 0 fully saturated rings. The molecular formula is C15H25FN2O. The van der Waals surface area contributed by atoms with Crippen LogP contribution in [0.4, 0.5) is 4.39 Å². The molecule has 1 aromatic carbocycles. The van der Waals surface area contributed by atoms with Crippen molar-refractivity contribution in [2.45, 2.75) is 25.8 Å². The average molecular weight is 268 g/mol. The lowest BCUT2D eigenvalue weighted by molar-refractivity contribution is 0.349. The first-order valence-corrected chi connectivity index (χ1v) is 6.80. The van der Waals surface area contributed by atoms with Crippen LogP contribution in [0.15, 0.2) is 18.2 Å². The van der Waals surface area contributed by atoms with E-state index in [2.05, 4.69) is 17.1 Å². The Labute approximate surface area is 115 Å². The van der Waals surface area contributed by atoms with E-state index in [1.54, 1.807) is 19.2 Å². The predicted molar refractivity (Wildman–Crippen MR) is 77.2 cm³/mol. The van der Waals surface area contributed by atoms with Gasteiger partial charge in [0.05, 0.1) is 7.11 Å². The van der Waals surface area contributed by atoms with Crippen LogP contribution in [0.3, 0.4) is 0 Å². The molecule has 19 heavy (non-hydrogen) atoms. The molecule has 0 aliphatic heterocycles. The van der Waals surface area contributed by atoms with Gasteiger partial charge in [-0.05, 0) is 58.2 Å². The number of halogens is 1. The third kappa shape index (κ3) is 5.17. The maximum Gasteiger partial charge on any atom is 0.123 e. The third-order valence-electron chi connectivity index (χ3n) is 3.07. The van der Waals surface area contributed by atoms with Gasteiger partial charge in [0.15, 0.2) is 0 Å². The maximum absolute atomic E-state index is 13.5. The van der Waals surface area contributed by atoms with Gasteiger partial charge in [0.25, 0.3) is 0 Å². The average Bonchev–Trinajstić information content (AvgIpc) is 2.38. The summed E-state index contributed by atoms with van der Waals surface area (Å²) in [6, 6.07) is 4.82. The van der Waals surface area contributed by atoms with E-state index < -0.39 is 0 Å². The summed E-state index contributed by atoms with van der Waals surface area (Å²) in [7, 11) is 5.71. The molecule has 0 aliphatic carbocycles. The minimum Gasteiger partial charge on any atom is -0.496 e. The summed E-state index contributed by atoms with van der Waals surface area (Å²) in [5, 5.41) is 3.47. The topological polar surface area (TPSA) is 24.5 Å². The first-order valence-electron chi connectivity index (χ1n) is 6.80. The van der Waals surface area contributed by atoms with Gasteiger partial charge in [-0.2, -0.15) is 0 Å². The Bertz CT molecular complexity index is 382. The van der Waals surface area contributed by atoms with Crippen molar-refractivity contribution in [3.05, 3.63) is 29.6 Å². The van der Waals surface area contributed by atoms with Crippen molar-refractivity contribution in [3.8, 4) is 5.75 Å². The molecule has 0 heterocycles. The van der Waals surface area contributed by atoms with E-state index in [0.717, 1.165) is 37.2 Å². The highest BCUT2D eigenvalue weighted by Crippen LogP contribution is 2.28. The number of nitrogens with one attached hydrogen (secondary N) is 1. The normalized spacial score (nSPS) is 12.7. The van der Waals surface area contributed by atoms with Crippen LogP contribution < -0.4 is 10.1 Å². The minimum atomic E-state index is -0.219. The van der Waals surface area contributed by atoms with Crippen LogP contribution in [0.1, 0.15) is 31.4 Å². The summed E-state index contributed by atoms with van der Waals surface area (Å²) < 4.78 is 18.8. The standard InChI is InChI=1S/C15H25FN2O/c1-5-9-17-14(8-10-18(2)3)13-11-12(16)6-7-15(13)19-4/h6-7,11,14,17H,5,8-10H2,1-4H3. The molecule has 4 heteroatoms. The zero-order valence-electron chi connectivity index (χ0n) is 12.4. The highest BCUT2D eigenvalue weighted by molar-refractivity contribution is 5.36. The molecule has 108 valence electrons. The fourth-order valence-electron chi connectivity index (χ4n) is 2.05. The summed E-state index contributed by atoms with van der Waals surface area (Å²) in [5.74, 6) is 0.526. The van der Waals surface area contributed by atoms with Crippen LogP contribution in [0.25, 0.3) is 0 Å². The van der Waals surface area contributed by atoms with Gasteiger partial charge in [0.1, 0.15) is 11.6 Å². The van der Waals surface area contributed by atoms with Gasteiger partial charge in [-0.15, -0.1) is 0 Å². The fraction of sp³-hybridized carbons (Fsp3) is 0.600. The summed E-state index contributed by atoms with van der Waals surface area (Å²) in [6.07, 6.45) is 1.98. The quantitative estimate of drug-likeness (QED) is 0.784. The highest BCUT2D eigenvalue weighted by atomic mass is 19.1. The van der Waals surface area contributed by atoms with Crippen LogP contribution in [-0.2, 0) is 0 Å². The lowest BCUT2D eigenvalue weighted by atomic mass is 10.0. The van der Waals surface area contributed by atoms with E-state index >= 15 is 0 Å². The largest absolute Gasteiger partial charge is 0.496 e. The van der Waals surface area contributed by atoms with Crippen molar-refractivity contribution in [3.63, 3.8) is 0 Å². The van der Waals surface area contributed by atoms with E-state index in [0.29, 0.717) is 0 Å². The van der Waals surface area contributed by atoms with Crippen molar-refractivity contribution in [2.24, 2.45) is 0 Å². The molecule has 1 aromatic rings. The fourth-order valence-corrected chi connectivity index (χ4v) is 2.05. The first kappa shape index (κ1) is 15.9. The Morgan fingerprint density at radius 3 is 2.68 bits per heavy atom. The minimum absolute atomic E-state index is 0.119. The van der Waals surface area contributed by atoms with Crippen molar-refractivity contribution in [2.75, 3.05) is 34.3 Å². The third-order valence-corrected chi connectivity index (χ3v) is 3.07. The molecule has 3 nitrogen and oxygen atoms in total. The Kier molecular flexibility index (Phi) is 6.81. The molecule has 1 rings (SSSR count). The number of hydrogen-bond donors (Lipinski definition) is 1. The number of hydrogen-bond acceptors (Lipinski definition) is 3. The van der Waals surface area contributed by atoms with Gasteiger partial charge in [0.2, 0.25) is 0 Å². The molecule has 1 unspecified atom stereocenters. The molecule has 0 radical (unpaired) electrons. The van der Waals surface area contributed by atoms with Crippen LogP contribution in [0, 0.1) is 5.82 Å². The second-order valence-electron chi connectivity index (χ2n) is 4.98. The monoisotopic (exact) mass is 268 g/mol. The van der Waals surface area contributed by atoms with Crippen LogP contribution >= 0.6 is 0 Å². The van der Waals surface area contributed by atoms with Gasteiger partial charge in [0, 0.05) is 11.6 Å². The SMILES string of the molecule is CCCNC(CCN(C)C)c1cc(F)ccc1OC. The molecule has 1 N–H and O–H groups in total. The zero-order chi connectivity index (χ0) is 14.3. The van der Waals surface area contributed by atoms with E-state index in [1.807, 2.05) is 14.1 Å². The number of rotatable bonds is 8. The molecule has 0 aliphatic rings. The number of benzene rings is 1. The molecule has 0 bridgehead atoms. The van der Waals surface area contributed by atoms with Crippen LogP contribution in [-0.4, -0.2) is 39.2 Å². The first-order chi connectivity index (χ1) is 9.08. The Morgan fingerprint density at radius 1 is 1.37 bits per heavy atom. The molecule has 0 spiro atoms. The van der Waals surface area contributed by atoms with Crippen molar-refractivity contribution in [1.82, 2.24) is 10.2 Å². The van der Waals surface area contributed by atoms with E-state index in [4.69, 9.17) is 4.74 Å². The predicted octanol–water partition coefficient (Wildman–Crippen LogP) is 2.83. The second-order valence-corrected chi connectivity index (χ2v) is 4.98. The van der Waals surface area contributed by atoms with Crippen molar-refractivity contribution in [1.29, 1.82) is 0 Å². The molecule has 0 amide bonds. The van der Waals surface area contributed by atoms with Gasteiger partial charge >= 0.3 is 0 Å². The summed E-state index contributed by atoms with van der Waals surface area (Å²) in [6.45, 7) is 3.98. The van der Waals surface area contributed by atoms with E-state index in [-0.39, 0.29) is 11.9 Å². The van der Waals surface area contributed by atoms with Gasteiger partial charge in [-0.3, -0.25) is 0 Å². The van der Waals surface area contributed by atoms with E-state index in [1.165, 1.54) is 6.07 Å². The van der Waals surface area contributed by atoms with Crippen molar-refractivity contribution >= 4 is 0 Å². The molecule has 1 atom stereocenters. The molecule has 0 saturated heterocycles. The van der Waals surface area contributed by atoms with Crippen molar-refractivity contribution < 1.29 is 9.13 Å². The summed E-state index contributed by atoms with van der Waals surface area (Å²) in [5.41, 5.74) is 0.901. The molecule has 0 aromatic heterocycles. The Hall–Kier alpha value is -1.13. The highest BCUT2D eigenvalue weighted by Gasteiger charge is 2.16. The van der Waals surface area contributed by atoms with E-state index in [9.17, 15) is 4.39 Å². The Morgan fingerprint density at radius 2 is 2.11 bits per heavy atom. The van der Waals surface area contributed by atoms with Gasteiger partial charge in [-0.25, -0.2) is 4.39 Å². The van der Waals surface area contributed by atoms with Crippen LogP contribution in [0.5, 0.6) is 5.75 Å².